The second-order valence-electron chi connectivity index (χ2n) is 3.27. The third-order valence-corrected chi connectivity index (χ3v) is 2.63. The van der Waals surface area contributed by atoms with Crippen LogP contribution in [0.15, 0.2) is 0 Å². The third-order valence-electron chi connectivity index (χ3n) is 2.44. The lowest BCUT2D eigenvalue weighted by Crippen LogP contribution is -2.41. The maximum absolute atomic E-state index is 11.6. The van der Waals surface area contributed by atoms with E-state index in [4.69, 9.17) is 11.6 Å². The van der Waals surface area contributed by atoms with Gasteiger partial charge < -0.3 is 10.2 Å². The Morgan fingerprint density at radius 2 is 2.46 bits per heavy atom. The normalized spacial score (nSPS) is 21.8. The van der Waals surface area contributed by atoms with E-state index >= 15 is 0 Å². The number of halogens is 1. The molecular weight excluding hydrogens is 188 g/mol. The molecule has 1 heterocycles. The zero-order valence-corrected chi connectivity index (χ0v) is 8.81. The first kappa shape index (κ1) is 10.8. The molecule has 0 aliphatic carbocycles. The van der Waals surface area contributed by atoms with Crippen molar-refractivity contribution in [3.8, 4) is 0 Å². The molecule has 1 fully saturated rings. The van der Waals surface area contributed by atoms with E-state index in [1.807, 2.05) is 11.8 Å². The standard InChI is InChI=1S/C9H17ClN2O/c1-2-12(9(13)3-5-10)8-4-6-11-7-8/h8,11H,2-7H2,1H3. The molecule has 1 unspecified atom stereocenters. The molecule has 0 aromatic rings. The molecule has 1 saturated heterocycles. The Labute approximate surface area is 84.4 Å². The highest BCUT2D eigenvalue weighted by atomic mass is 35.5. The van der Waals surface area contributed by atoms with Gasteiger partial charge in [-0.25, -0.2) is 0 Å². The largest absolute Gasteiger partial charge is 0.339 e. The Morgan fingerprint density at radius 1 is 1.69 bits per heavy atom. The molecule has 1 amide bonds. The number of carbonyl (C=O) groups excluding carboxylic acids is 1. The number of carbonyl (C=O) groups is 1. The van der Waals surface area contributed by atoms with Crippen LogP contribution in [0, 0.1) is 0 Å². The molecule has 0 bridgehead atoms. The summed E-state index contributed by atoms with van der Waals surface area (Å²) in [6, 6.07) is 0.390. The highest BCUT2D eigenvalue weighted by molar-refractivity contribution is 6.18. The molecule has 76 valence electrons. The van der Waals surface area contributed by atoms with Crippen molar-refractivity contribution in [3.63, 3.8) is 0 Å². The van der Waals surface area contributed by atoms with Gasteiger partial charge in [0.15, 0.2) is 0 Å². The van der Waals surface area contributed by atoms with Crippen molar-refractivity contribution in [1.29, 1.82) is 0 Å². The van der Waals surface area contributed by atoms with E-state index in [2.05, 4.69) is 5.32 Å². The summed E-state index contributed by atoms with van der Waals surface area (Å²) in [5, 5.41) is 3.26. The van der Waals surface area contributed by atoms with Crippen LogP contribution in [0.5, 0.6) is 0 Å². The fourth-order valence-corrected chi connectivity index (χ4v) is 1.93. The third kappa shape index (κ3) is 2.85. The van der Waals surface area contributed by atoms with E-state index < -0.39 is 0 Å². The Balaban J connectivity index is 2.44. The number of hydrogen-bond donors (Lipinski definition) is 1. The van der Waals surface area contributed by atoms with Gasteiger partial charge in [0.05, 0.1) is 0 Å². The van der Waals surface area contributed by atoms with E-state index in [9.17, 15) is 4.79 Å². The van der Waals surface area contributed by atoms with Gasteiger partial charge in [0.1, 0.15) is 0 Å². The molecule has 1 rings (SSSR count). The van der Waals surface area contributed by atoms with Crippen LogP contribution in [0.4, 0.5) is 0 Å². The molecular formula is C9H17ClN2O. The Morgan fingerprint density at radius 3 is 2.92 bits per heavy atom. The van der Waals surface area contributed by atoms with Crippen molar-refractivity contribution >= 4 is 17.5 Å². The lowest BCUT2D eigenvalue weighted by Gasteiger charge is -2.26. The van der Waals surface area contributed by atoms with Gasteiger partial charge in [0.2, 0.25) is 5.91 Å². The first-order valence-corrected chi connectivity index (χ1v) is 5.39. The summed E-state index contributed by atoms with van der Waals surface area (Å²) in [5.41, 5.74) is 0. The summed E-state index contributed by atoms with van der Waals surface area (Å²) >= 11 is 5.54. The second-order valence-corrected chi connectivity index (χ2v) is 3.64. The van der Waals surface area contributed by atoms with Crippen LogP contribution in [-0.2, 0) is 4.79 Å². The summed E-state index contributed by atoms with van der Waals surface area (Å²) in [6.45, 7) is 4.77. The molecule has 0 aromatic heterocycles. The summed E-state index contributed by atoms with van der Waals surface area (Å²) in [7, 11) is 0. The van der Waals surface area contributed by atoms with Crippen LogP contribution in [0.1, 0.15) is 19.8 Å². The first-order chi connectivity index (χ1) is 6.29. The molecule has 3 nitrogen and oxygen atoms in total. The van der Waals surface area contributed by atoms with Gasteiger partial charge in [0, 0.05) is 31.4 Å². The highest BCUT2D eigenvalue weighted by Gasteiger charge is 2.24. The minimum Gasteiger partial charge on any atom is -0.339 e. The molecule has 13 heavy (non-hydrogen) atoms. The van der Waals surface area contributed by atoms with E-state index in [1.54, 1.807) is 0 Å². The van der Waals surface area contributed by atoms with Crippen molar-refractivity contribution in [2.24, 2.45) is 0 Å². The number of amides is 1. The van der Waals surface area contributed by atoms with Crippen molar-refractivity contribution in [1.82, 2.24) is 10.2 Å². The van der Waals surface area contributed by atoms with Gasteiger partial charge in [-0.2, -0.15) is 0 Å². The van der Waals surface area contributed by atoms with Crippen LogP contribution in [0.3, 0.4) is 0 Å². The molecule has 0 saturated carbocycles. The Hall–Kier alpha value is -0.280. The van der Waals surface area contributed by atoms with Crippen LogP contribution in [0.25, 0.3) is 0 Å². The average Bonchev–Trinajstić information content (AvgIpc) is 2.59. The van der Waals surface area contributed by atoms with E-state index in [-0.39, 0.29) is 5.91 Å². The molecule has 1 atom stereocenters. The summed E-state index contributed by atoms with van der Waals surface area (Å²) in [5.74, 6) is 0.612. The summed E-state index contributed by atoms with van der Waals surface area (Å²) < 4.78 is 0. The number of nitrogens with zero attached hydrogens (tertiary/aromatic N) is 1. The minimum atomic E-state index is 0.186. The molecule has 1 N–H and O–H groups in total. The maximum Gasteiger partial charge on any atom is 0.224 e. The van der Waals surface area contributed by atoms with Crippen molar-refractivity contribution in [2.75, 3.05) is 25.5 Å². The lowest BCUT2D eigenvalue weighted by molar-refractivity contribution is -0.132. The van der Waals surface area contributed by atoms with E-state index in [1.165, 1.54) is 0 Å². The fraction of sp³-hybridized carbons (Fsp3) is 0.889. The predicted molar refractivity (Wildman–Crippen MR) is 54.0 cm³/mol. The smallest absolute Gasteiger partial charge is 0.224 e. The number of alkyl halides is 1. The fourth-order valence-electron chi connectivity index (χ4n) is 1.77. The van der Waals surface area contributed by atoms with Gasteiger partial charge in [0.25, 0.3) is 0 Å². The van der Waals surface area contributed by atoms with E-state index in [0.717, 1.165) is 26.1 Å². The molecule has 0 spiro atoms. The van der Waals surface area contributed by atoms with Crippen LogP contribution >= 0.6 is 11.6 Å². The number of rotatable bonds is 4. The molecule has 1 aliphatic heterocycles. The van der Waals surface area contributed by atoms with Crippen molar-refractivity contribution in [2.45, 2.75) is 25.8 Å². The summed E-state index contributed by atoms with van der Waals surface area (Å²) in [6.07, 6.45) is 1.54. The minimum absolute atomic E-state index is 0.186. The Kier molecular flexibility index (Phi) is 4.53. The van der Waals surface area contributed by atoms with Gasteiger partial charge in [-0.1, -0.05) is 0 Å². The summed E-state index contributed by atoms with van der Waals surface area (Å²) in [4.78, 5) is 13.5. The van der Waals surface area contributed by atoms with Gasteiger partial charge >= 0.3 is 0 Å². The van der Waals surface area contributed by atoms with Gasteiger partial charge in [-0.15, -0.1) is 11.6 Å². The Bertz CT molecular complexity index is 169. The number of likely N-dealkylation sites (N-methyl/N-ethyl adjacent to an activating group) is 1. The number of nitrogens with one attached hydrogen (secondary N) is 1. The zero-order valence-electron chi connectivity index (χ0n) is 8.05. The lowest BCUT2D eigenvalue weighted by atomic mass is 10.2. The van der Waals surface area contributed by atoms with Crippen molar-refractivity contribution in [3.05, 3.63) is 0 Å². The van der Waals surface area contributed by atoms with Crippen LogP contribution in [-0.4, -0.2) is 42.4 Å². The average molecular weight is 205 g/mol. The van der Waals surface area contributed by atoms with Gasteiger partial charge in [-0.3, -0.25) is 4.79 Å². The van der Waals surface area contributed by atoms with Crippen molar-refractivity contribution < 1.29 is 4.79 Å². The number of hydrogen-bond acceptors (Lipinski definition) is 2. The first-order valence-electron chi connectivity index (χ1n) is 4.85. The molecule has 0 radical (unpaired) electrons. The highest BCUT2D eigenvalue weighted by Crippen LogP contribution is 2.09. The predicted octanol–water partition coefficient (Wildman–Crippen LogP) is 0.826. The molecule has 4 heteroatoms. The maximum atomic E-state index is 11.6. The molecule has 1 aliphatic rings. The van der Waals surface area contributed by atoms with Gasteiger partial charge in [-0.05, 0) is 19.9 Å². The molecule has 0 aromatic carbocycles. The topological polar surface area (TPSA) is 32.3 Å². The van der Waals surface area contributed by atoms with E-state index in [0.29, 0.717) is 18.3 Å². The van der Waals surface area contributed by atoms with Crippen LogP contribution in [0.2, 0.25) is 0 Å². The quantitative estimate of drug-likeness (QED) is 0.688. The second kappa shape index (κ2) is 5.45. The SMILES string of the molecule is CCN(C(=O)CCCl)C1CCNC1. The monoisotopic (exact) mass is 204 g/mol. The zero-order chi connectivity index (χ0) is 9.68. The van der Waals surface area contributed by atoms with Crippen LogP contribution < -0.4 is 5.32 Å².